The average Bonchev–Trinajstić information content (AvgIpc) is 3.26. The number of hydrogen-bond acceptors (Lipinski definition) is 3. The summed E-state index contributed by atoms with van der Waals surface area (Å²) >= 11 is 0. The molecule has 0 bridgehead atoms. The van der Waals surface area contributed by atoms with Crippen molar-refractivity contribution in [2.75, 3.05) is 11.4 Å². The van der Waals surface area contributed by atoms with E-state index in [2.05, 4.69) is 48.3 Å². The molecular formula is C21H25N5O. The Hall–Kier alpha value is -2.89. The predicted octanol–water partition coefficient (Wildman–Crippen LogP) is 3.23. The number of aromatic nitrogens is 4. The van der Waals surface area contributed by atoms with Crippen LogP contribution in [0.5, 0.6) is 0 Å². The lowest BCUT2D eigenvalue weighted by Crippen LogP contribution is -2.38. The molecule has 3 aromatic rings. The molecular weight excluding hydrogens is 338 g/mol. The van der Waals surface area contributed by atoms with Crippen molar-refractivity contribution in [3.63, 3.8) is 0 Å². The van der Waals surface area contributed by atoms with Crippen LogP contribution in [-0.4, -0.2) is 32.0 Å². The number of carbonyl (C=O) groups is 1. The molecule has 0 saturated carbocycles. The quantitative estimate of drug-likeness (QED) is 0.715. The van der Waals surface area contributed by atoms with Crippen LogP contribution in [0.3, 0.4) is 0 Å². The smallest absolute Gasteiger partial charge is 0.248 e. The number of hydrogen-bond donors (Lipinski definition) is 0. The van der Waals surface area contributed by atoms with Crippen molar-refractivity contribution in [2.24, 2.45) is 0 Å². The molecule has 3 heterocycles. The molecule has 1 aromatic carbocycles. The van der Waals surface area contributed by atoms with Gasteiger partial charge in [0, 0.05) is 12.2 Å². The van der Waals surface area contributed by atoms with E-state index in [0.717, 1.165) is 48.6 Å². The minimum atomic E-state index is 0.0632. The van der Waals surface area contributed by atoms with Gasteiger partial charge in [-0.15, -0.1) is 0 Å². The summed E-state index contributed by atoms with van der Waals surface area (Å²) < 4.78 is 3.77. The number of rotatable bonds is 4. The Morgan fingerprint density at radius 1 is 1.11 bits per heavy atom. The van der Waals surface area contributed by atoms with Gasteiger partial charge in [-0.3, -0.25) is 9.48 Å². The highest BCUT2D eigenvalue weighted by Gasteiger charge is 2.27. The monoisotopic (exact) mass is 363 g/mol. The van der Waals surface area contributed by atoms with Gasteiger partial charge in [0.05, 0.1) is 29.5 Å². The van der Waals surface area contributed by atoms with Gasteiger partial charge in [-0.05, 0) is 50.8 Å². The fourth-order valence-corrected chi connectivity index (χ4v) is 3.72. The van der Waals surface area contributed by atoms with E-state index in [9.17, 15) is 4.79 Å². The Kier molecular flexibility index (Phi) is 4.56. The molecule has 2 aromatic heterocycles. The van der Waals surface area contributed by atoms with Crippen molar-refractivity contribution >= 4 is 11.6 Å². The third kappa shape index (κ3) is 3.16. The number of fused-ring (bicyclic) bond motifs is 1. The molecule has 6 nitrogen and oxygen atoms in total. The van der Waals surface area contributed by atoms with Gasteiger partial charge in [0.1, 0.15) is 6.54 Å². The van der Waals surface area contributed by atoms with E-state index in [1.165, 1.54) is 11.1 Å². The van der Waals surface area contributed by atoms with Crippen molar-refractivity contribution in [3.8, 4) is 5.69 Å². The summed E-state index contributed by atoms with van der Waals surface area (Å²) in [6.45, 7) is 7.19. The maximum Gasteiger partial charge on any atom is 0.248 e. The molecule has 0 saturated heterocycles. The molecule has 0 aliphatic carbocycles. The second-order valence-corrected chi connectivity index (χ2v) is 7.14. The summed E-state index contributed by atoms with van der Waals surface area (Å²) in [4.78, 5) is 14.9. The van der Waals surface area contributed by atoms with E-state index in [1.807, 2.05) is 28.9 Å². The molecule has 1 aliphatic rings. The van der Waals surface area contributed by atoms with Crippen molar-refractivity contribution in [2.45, 2.75) is 46.6 Å². The zero-order valence-corrected chi connectivity index (χ0v) is 16.1. The summed E-state index contributed by atoms with van der Waals surface area (Å²) in [7, 11) is 0. The first kappa shape index (κ1) is 17.5. The number of amides is 1. The second-order valence-electron chi connectivity index (χ2n) is 7.14. The van der Waals surface area contributed by atoms with Crippen molar-refractivity contribution < 1.29 is 4.79 Å². The van der Waals surface area contributed by atoms with Crippen LogP contribution in [0.15, 0.2) is 36.7 Å². The number of carbonyl (C=O) groups excluding carboxylic acids is 1. The van der Waals surface area contributed by atoms with Gasteiger partial charge in [0.15, 0.2) is 0 Å². The Bertz CT molecular complexity index is 967. The van der Waals surface area contributed by atoms with Crippen LogP contribution in [0, 0.1) is 13.8 Å². The Balaban J connectivity index is 1.60. The zero-order valence-electron chi connectivity index (χ0n) is 16.1. The van der Waals surface area contributed by atoms with Crippen molar-refractivity contribution in [3.05, 3.63) is 59.2 Å². The lowest BCUT2D eigenvalue weighted by Gasteiger charge is -2.27. The maximum atomic E-state index is 13.0. The molecule has 27 heavy (non-hydrogen) atoms. The van der Waals surface area contributed by atoms with Gasteiger partial charge in [-0.25, -0.2) is 4.68 Å². The lowest BCUT2D eigenvalue weighted by atomic mass is 10.1. The highest BCUT2D eigenvalue weighted by Crippen LogP contribution is 2.29. The standard InChI is InChI=1S/C21H25N5O/c1-4-17-12-22-25(16(17)3)14-21(27)24-11-5-6-19-20(24)13-23-26(19)18-9-7-15(2)8-10-18/h7-10,12-13H,4-6,11,14H2,1-3H3. The molecule has 1 aliphatic heterocycles. The highest BCUT2D eigenvalue weighted by atomic mass is 16.2. The highest BCUT2D eigenvalue weighted by molar-refractivity contribution is 5.94. The van der Waals surface area contributed by atoms with E-state index in [0.29, 0.717) is 0 Å². The van der Waals surface area contributed by atoms with Crippen LogP contribution in [0.25, 0.3) is 5.69 Å². The number of anilines is 1. The molecule has 0 fully saturated rings. The van der Waals surface area contributed by atoms with Crippen LogP contribution < -0.4 is 4.90 Å². The number of aryl methyl sites for hydroxylation is 2. The topological polar surface area (TPSA) is 56.0 Å². The Morgan fingerprint density at radius 2 is 1.89 bits per heavy atom. The summed E-state index contributed by atoms with van der Waals surface area (Å²) in [5.74, 6) is 0.0632. The summed E-state index contributed by atoms with van der Waals surface area (Å²) in [6, 6.07) is 8.31. The molecule has 4 rings (SSSR count). The minimum absolute atomic E-state index is 0.0632. The van der Waals surface area contributed by atoms with Gasteiger partial charge in [0.25, 0.3) is 0 Å². The van der Waals surface area contributed by atoms with Crippen molar-refractivity contribution in [1.29, 1.82) is 0 Å². The fraction of sp³-hybridized carbons (Fsp3) is 0.381. The molecule has 0 unspecified atom stereocenters. The third-order valence-corrected chi connectivity index (χ3v) is 5.38. The first-order chi connectivity index (χ1) is 13.1. The molecule has 1 amide bonds. The zero-order chi connectivity index (χ0) is 19.0. The average molecular weight is 363 g/mol. The normalized spacial score (nSPS) is 13.7. The van der Waals surface area contributed by atoms with E-state index >= 15 is 0 Å². The summed E-state index contributed by atoms with van der Waals surface area (Å²) in [5.41, 5.74) is 6.54. The van der Waals surface area contributed by atoms with Crippen LogP contribution in [0.4, 0.5) is 5.69 Å². The van der Waals surface area contributed by atoms with Crippen LogP contribution in [0.2, 0.25) is 0 Å². The first-order valence-electron chi connectivity index (χ1n) is 9.54. The van der Waals surface area contributed by atoms with Gasteiger partial charge in [-0.1, -0.05) is 24.6 Å². The van der Waals surface area contributed by atoms with E-state index < -0.39 is 0 Å². The minimum Gasteiger partial charge on any atom is -0.308 e. The molecule has 0 spiro atoms. The van der Waals surface area contributed by atoms with Gasteiger partial charge < -0.3 is 4.90 Å². The number of benzene rings is 1. The Morgan fingerprint density at radius 3 is 2.59 bits per heavy atom. The predicted molar refractivity (Wildman–Crippen MR) is 105 cm³/mol. The maximum absolute atomic E-state index is 13.0. The molecule has 0 N–H and O–H groups in total. The Labute approximate surface area is 159 Å². The van der Waals surface area contributed by atoms with Gasteiger partial charge >= 0.3 is 0 Å². The third-order valence-electron chi connectivity index (χ3n) is 5.38. The van der Waals surface area contributed by atoms with Crippen LogP contribution >= 0.6 is 0 Å². The summed E-state index contributed by atoms with van der Waals surface area (Å²) in [6.07, 6.45) is 6.47. The fourth-order valence-electron chi connectivity index (χ4n) is 3.72. The molecule has 0 radical (unpaired) electrons. The lowest BCUT2D eigenvalue weighted by molar-refractivity contribution is -0.119. The van der Waals surface area contributed by atoms with E-state index in [-0.39, 0.29) is 12.5 Å². The number of nitrogens with zero attached hydrogens (tertiary/aromatic N) is 5. The summed E-state index contributed by atoms with van der Waals surface area (Å²) in [5, 5.41) is 8.96. The molecule has 140 valence electrons. The molecule has 6 heteroatoms. The van der Waals surface area contributed by atoms with Gasteiger partial charge in [0.2, 0.25) is 5.91 Å². The van der Waals surface area contributed by atoms with Crippen molar-refractivity contribution in [1.82, 2.24) is 19.6 Å². The largest absolute Gasteiger partial charge is 0.308 e. The van der Waals surface area contributed by atoms with E-state index in [4.69, 9.17) is 0 Å². The van der Waals surface area contributed by atoms with Crippen LogP contribution in [0.1, 0.15) is 35.9 Å². The van der Waals surface area contributed by atoms with Gasteiger partial charge in [-0.2, -0.15) is 10.2 Å². The van der Waals surface area contributed by atoms with Crippen LogP contribution in [-0.2, 0) is 24.2 Å². The molecule has 0 atom stereocenters. The second kappa shape index (κ2) is 7.02. The first-order valence-corrected chi connectivity index (χ1v) is 9.54. The SMILES string of the molecule is CCc1cnn(CC(=O)N2CCCc3c2cnn3-c2ccc(C)cc2)c1C. The van der Waals surface area contributed by atoms with E-state index in [1.54, 1.807) is 4.68 Å².